The molecule has 3 saturated heterocycles. The fourth-order valence-corrected chi connectivity index (χ4v) is 11.2. The average Bonchev–Trinajstić information content (AvgIpc) is 3.52. The molecule has 0 radical (unpaired) electrons. The predicted molar refractivity (Wildman–Crippen MR) is 239 cm³/mol. The molecule has 9 rings (SSSR count). The summed E-state index contributed by atoms with van der Waals surface area (Å²) in [5.74, 6) is -0.832. The van der Waals surface area contributed by atoms with Crippen LogP contribution in [-0.2, 0) is 9.59 Å². The smallest absolute Gasteiger partial charge is 0.262 e. The number of imide groups is 2. The molecule has 5 heterocycles. The first-order valence-electron chi connectivity index (χ1n) is 22.1. The number of benzene rings is 3. The Morgan fingerprint density at radius 3 is 2.29 bits per heavy atom. The van der Waals surface area contributed by atoms with Crippen molar-refractivity contribution in [3.8, 4) is 5.75 Å². The first-order valence-corrected chi connectivity index (χ1v) is 22.1. The second-order valence-corrected chi connectivity index (χ2v) is 19.1. The largest absolute Gasteiger partial charge is 0.489 e. The normalized spacial score (nSPS) is 24.7. The average molecular weight is 851 g/mol. The van der Waals surface area contributed by atoms with Crippen molar-refractivity contribution in [3.63, 3.8) is 0 Å². The van der Waals surface area contributed by atoms with Crippen molar-refractivity contribution in [2.75, 3.05) is 49.1 Å². The van der Waals surface area contributed by atoms with Crippen LogP contribution in [0.5, 0.6) is 5.75 Å². The molecule has 0 bridgehead atoms. The van der Waals surface area contributed by atoms with Gasteiger partial charge in [0.05, 0.1) is 23.2 Å². The van der Waals surface area contributed by atoms with E-state index in [1.54, 1.807) is 24.4 Å². The maximum absolute atomic E-state index is 13.7. The van der Waals surface area contributed by atoms with Crippen molar-refractivity contribution in [2.45, 2.75) is 84.5 Å². The highest BCUT2D eigenvalue weighted by Gasteiger charge is 2.64. The van der Waals surface area contributed by atoms with Gasteiger partial charge in [0, 0.05) is 97.1 Å². The summed E-state index contributed by atoms with van der Waals surface area (Å²) in [7, 11) is 0. The number of piperidine rings is 2. The van der Waals surface area contributed by atoms with Gasteiger partial charge in [-0.3, -0.25) is 44.1 Å². The highest BCUT2D eigenvalue weighted by molar-refractivity contribution is 6.23. The fraction of sp³-hybridized carbons (Fsp3) is 0.449. The van der Waals surface area contributed by atoms with Crippen molar-refractivity contribution in [1.82, 2.24) is 25.4 Å². The Morgan fingerprint density at radius 2 is 1.59 bits per heavy atom. The van der Waals surface area contributed by atoms with Gasteiger partial charge in [-0.25, -0.2) is 4.85 Å². The van der Waals surface area contributed by atoms with Crippen LogP contribution < -0.4 is 25.2 Å². The van der Waals surface area contributed by atoms with Gasteiger partial charge in [0.1, 0.15) is 17.9 Å². The Labute approximate surface area is 367 Å². The number of hydrogen-bond acceptors (Lipinski definition) is 10. The van der Waals surface area contributed by atoms with E-state index in [-0.39, 0.29) is 47.8 Å². The lowest BCUT2D eigenvalue weighted by molar-refractivity contribution is -0.163. The van der Waals surface area contributed by atoms with E-state index >= 15 is 0 Å². The summed E-state index contributed by atoms with van der Waals surface area (Å²) >= 11 is 0. The first-order chi connectivity index (χ1) is 30.1. The maximum Gasteiger partial charge on any atom is 0.262 e. The number of nitrogens with zero attached hydrogens (tertiary/aromatic N) is 6. The quantitative estimate of drug-likeness (QED) is 0.147. The molecule has 2 N–H and O–H groups in total. The van der Waals surface area contributed by atoms with E-state index in [1.807, 2.05) is 36.4 Å². The van der Waals surface area contributed by atoms with Crippen LogP contribution in [0.25, 0.3) is 15.7 Å². The minimum atomic E-state index is -0.980. The van der Waals surface area contributed by atoms with Gasteiger partial charge in [-0.1, -0.05) is 33.8 Å². The Bertz CT molecular complexity index is 2540. The Morgan fingerprint density at radius 1 is 0.873 bits per heavy atom. The Balaban J connectivity index is 0.751. The van der Waals surface area contributed by atoms with E-state index in [2.05, 4.69) is 81.9 Å². The summed E-state index contributed by atoms with van der Waals surface area (Å²) in [5.41, 5.74) is 3.61. The highest BCUT2D eigenvalue weighted by atomic mass is 16.5. The van der Waals surface area contributed by atoms with E-state index in [4.69, 9.17) is 11.3 Å². The summed E-state index contributed by atoms with van der Waals surface area (Å²) in [4.78, 5) is 80.8. The zero-order valence-electron chi connectivity index (χ0n) is 36.5. The van der Waals surface area contributed by atoms with Gasteiger partial charge < -0.3 is 19.9 Å². The fourth-order valence-electron chi connectivity index (χ4n) is 11.2. The lowest BCUT2D eigenvalue weighted by Gasteiger charge is -2.63. The third kappa shape index (κ3) is 7.45. The molecule has 3 aromatic carbocycles. The number of pyridine rings is 1. The van der Waals surface area contributed by atoms with Crippen molar-refractivity contribution >= 4 is 57.5 Å². The van der Waals surface area contributed by atoms with Crippen molar-refractivity contribution in [3.05, 3.63) is 101 Å². The van der Waals surface area contributed by atoms with Gasteiger partial charge in [-0.2, -0.15) is 0 Å². The van der Waals surface area contributed by atoms with Crippen molar-refractivity contribution in [1.29, 1.82) is 0 Å². The molecule has 5 aliphatic rings. The second kappa shape index (κ2) is 16.1. The molecule has 4 aliphatic heterocycles. The SMILES string of the molecule is [C-]#[N+]c1ccc(OC2C(C)(C)C(NC(=O)c3ccc(N4CCC(CN5CCN(c6ccc7c(c6)C(=O)N(C6CCC(=O)NC6=O)C7=O)C[C@H]5C)CC4)cc3)C2(C)C)c2cccnc12. The molecule has 1 aromatic heterocycles. The number of aromatic nitrogens is 1. The minimum Gasteiger partial charge on any atom is -0.489 e. The lowest BCUT2D eigenvalue weighted by atomic mass is 9.49. The molecule has 1 aliphatic carbocycles. The van der Waals surface area contributed by atoms with E-state index in [0.29, 0.717) is 39.6 Å². The third-order valence-electron chi connectivity index (χ3n) is 14.3. The van der Waals surface area contributed by atoms with Gasteiger partial charge in [0.25, 0.3) is 17.7 Å². The van der Waals surface area contributed by atoms with Crippen LogP contribution >= 0.6 is 0 Å². The first kappa shape index (κ1) is 42.0. The van der Waals surface area contributed by atoms with Crippen LogP contribution in [0.4, 0.5) is 17.1 Å². The standard InChI is InChI=1S/C49H54N8O6/c1-29-27-56(33-13-14-34-36(26-33)45(62)57(44(34)61)38-16-18-40(58)52-43(38)60)25-24-55(29)28-30-19-22-54(23-20-30)32-11-9-31(10-12-32)42(59)53-46-48(2,3)47(49(46,4)5)63-39-17-15-37(50-6)41-35(39)8-7-21-51-41/h7-15,17,21,26,29-30,38,46-47H,16,18-20,22-25,27-28H2,1-5H3,(H,53,59)(H,52,58,60)/t29-,38?,46?,47?/m1/s1. The number of carbonyl (C=O) groups excluding carboxylic acids is 5. The number of rotatable bonds is 9. The number of hydrogen-bond donors (Lipinski definition) is 2. The minimum absolute atomic E-state index is 0.0885. The van der Waals surface area contributed by atoms with Gasteiger partial charge in [0.15, 0.2) is 0 Å². The van der Waals surface area contributed by atoms with Gasteiger partial charge in [0.2, 0.25) is 17.5 Å². The molecule has 4 fully saturated rings. The molecular weight excluding hydrogens is 797 g/mol. The molecule has 2 atom stereocenters. The number of ether oxygens (including phenoxy) is 1. The highest BCUT2D eigenvalue weighted by Crippen LogP contribution is 2.56. The molecule has 1 unspecified atom stereocenters. The summed E-state index contributed by atoms with van der Waals surface area (Å²) in [5, 5.41) is 6.39. The van der Waals surface area contributed by atoms with Crippen LogP contribution in [0.1, 0.15) is 91.4 Å². The molecular formula is C49H54N8O6. The number of anilines is 2. The predicted octanol–water partition coefficient (Wildman–Crippen LogP) is 6.23. The second-order valence-electron chi connectivity index (χ2n) is 19.1. The van der Waals surface area contributed by atoms with Gasteiger partial charge in [-0.15, -0.1) is 0 Å². The summed E-state index contributed by atoms with van der Waals surface area (Å²) in [6.07, 6.45) is 3.87. The molecule has 326 valence electrons. The van der Waals surface area contributed by atoms with Gasteiger partial charge in [-0.05, 0) is 92.8 Å². The molecule has 63 heavy (non-hydrogen) atoms. The molecule has 4 aromatic rings. The molecule has 14 heteroatoms. The number of fused-ring (bicyclic) bond motifs is 2. The van der Waals surface area contributed by atoms with Crippen LogP contribution in [-0.4, -0.2) is 108 Å². The topological polar surface area (TPSA) is 149 Å². The molecule has 5 amide bonds. The van der Waals surface area contributed by atoms with Crippen LogP contribution in [0.3, 0.4) is 0 Å². The zero-order chi connectivity index (χ0) is 44.4. The number of carbonyl (C=O) groups is 5. The Kier molecular flexibility index (Phi) is 10.7. The van der Waals surface area contributed by atoms with Crippen LogP contribution in [0.2, 0.25) is 0 Å². The number of piperazine rings is 1. The van der Waals surface area contributed by atoms with E-state index < -0.39 is 29.7 Å². The Hall–Kier alpha value is -6.33. The van der Waals surface area contributed by atoms with Gasteiger partial charge >= 0.3 is 0 Å². The van der Waals surface area contributed by atoms with Crippen molar-refractivity contribution < 1.29 is 28.7 Å². The lowest BCUT2D eigenvalue weighted by Crippen LogP contribution is -2.74. The molecule has 14 nitrogen and oxygen atoms in total. The van der Waals surface area contributed by atoms with E-state index in [9.17, 15) is 24.0 Å². The molecule has 1 saturated carbocycles. The third-order valence-corrected chi connectivity index (χ3v) is 14.3. The maximum atomic E-state index is 13.7. The number of nitrogens with one attached hydrogen (secondary N) is 2. The summed E-state index contributed by atoms with van der Waals surface area (Å²) in [6, 6.07) is 19.9. The van der Waals surface area contributed by atoms with Crippen LogP contribution in [0, 0.1) is 23.3 Å². The number of amides is 5. The summed E-state index contributed by atoms with van der Waals surface area (Å²) < 4.78 is 6.67. The zero-order valence-corrected chi connectivity index (χ0v) is 36.5. The van der Waals surface area contributed by atoms with E-state index in [1.165, 1.54) is 0 Å². The molecule has 0 spiro atoms. The summed E-state index contributed by atoms with van der Waals surface area (Å²) in [6.45, 7) is 23.6. The van der Waals surface area contributed by atoms with Crippen LogP contribution in [0.15, 0.2) is 72.9 Å². The van der Waals surface area contributed by atoms with Crippen molar-refractivity contribution in [2.24, 2.45) is 16.7 Å². The van der Waals surface area contributed by atoms with E-state index in [0.717, 1.165) is 73.8 Å². The monoisotopic (exact) mass is 850 g/mol.